The van der Waals surface area contributed by atoms with Gasteiger partial charge in [-0.15, -0.1) is 11.6 Å². The molecule has 1 aliphatic heterocycles. The maximum atomic E-state index is 5.86. The van der Waals surface area contributed by atoms with Crippen LogP contribution in [0, 0.1) is 0 Å². The van der Waals surface area contributed by atoms with Crippen LogP contribution < -0.4 is 0 Å². The Morgan fingerprint density at radius 2 is 2.25 bits per heavy atom. The summed E-state index contributed by atoms with van der Waals surface area (Å²) in [5.41, 5.74) is 0. The van der Waals surface area contributed by atoms with Crippen LogP contribution in [0.3, 0.4) is 0 Å². The van der Waals surface area contributed by atoms with Gasteiger partial charge < -0.3 is 4.90 Å². The Bertz CT molecular complexity index is 128. The van der Waals surface area contributed by atoms with Crippen molar-refractivity contribution in [2.75, 3.05) is 39.6 Å². The molecule has 1 rings (SSSR count). The van der Waals surface area contributed by atoms with E-state index in [9.17, 15) is 0 Å². The zero-order chi connectivity index (χ0) is 8.97. The Morgan fingerprint density at radius 1 is 1.50 bits per heavy atom. The van der Waals surface area contributed by atoms with Crippen LogP contribution in [0.15, 0.2) is 0 Å². The maximum absolute atomic E-state index is 5.86. The van der Waals surface area contributed by atoms with Crippen molar-refractivity contribution in [2.45, 2.75) is 18.9 Å². The molecule has 0 radical (unpaired) electrons. The summed E-state index contributed by atoms with van der Waals surface area (Å²) in [6.45, 7) is 3.56. The fourth-order valence-electron chi connectivity index (χ4n) is 1.69. The summed E-state index contributed by atoms with van der Waals surface area (Å²) in [6, 6.07) is 0.645. The van der Waals surface area contributed by atoms with Crippen LogP contribution in [0.2, 0.25) is 0 Å². The van der Waals surface area contributed by atoms with Gasteiger partial charge >= 0.3 is 0 Å². The molecule has 1 aliphatic rings. The minimum Gasteiger partial charge on any atom is -0.308 e. The van der Waals surface area contributed by atoms with Crippen molar-refractivity contribution in [3.05, 3.63) is 0 Å². The maximum Gasteiger partial charge on any atom is 0.0379 e. The number of likely N-dealkylation sites (tertiary alicyclic amines) is 1. The van der Waals surface area contributed by atoms with Crippen molar-refractivity contribution in [3.8, 4) is 0 Å². The third kappa shape index (κ3) is 2.92. The molecule has 1 atom stereocenters. The third-order valence-corrected chi connectivity index (χ3v) is 2.87. The zero-order valence-corrected chi connectivity index (χ0v) is 8.85. The van der Waals surface area contributed by atoms with Crippen molar-refractivity contribution in [3.63, 3.8) is 0 Å². The molecule has 1 heterocycles. The van der Waals surface area contributed by atoms with E-state index < -0.39 is 0 Å². The van der Waals surface area contributed by atoms with Gasteiger partial charge in [0.05, 0.1) is 0 Å². The quantitative estimate of drug-likeness (QED) is 0.616. The molecule has 0 spiro atoms. The van der Waals surface area contributed by atoms with Gasteiger partial charge in [0.25, 0.3) is 0 Å². The first-order valence-corrected chi connectivity index (χ1v) is 5.22. The molecule has 72 valence electrons. The van der Waals surface area contributed by atoms with Crippen LogP contribution in [-0.2, 0) is 0 Å². The van der Waals surface area contributed by atoms with Crippen LogP contribution in [0.25, 0.3) is 0 Å². The van der Waals surface area contributed by atoms with Gasteiger partial charge in [0, 0.05) is 25.0 Å². The van der Waals surface area contributed by atoms with Crippen molar-refractivity contribution in [2.24, 2.45) is 0 Å². The first-order valence-electron chi connectivity index (χ1n) is 4.69. The monoisotopic (exact) mass is 190 g/mol. The Hall–Kier alpha value is 0.210. The van der Waals surface area contributed by atoms with Crippen LogP contribution in [-0.4, -0.2) is 55.5 Å². The van der Waals surface area contributed by atoms with E-state index in [1.165, 1.54) is 25.9 Å². The standard InChI is InChI=1S/C9H19ClN2/c1-11(2)6-7-12-5-3-4-9(12)8-10/h9H,3-8H2,1-2H3. The normalized spacial score (nSPS) is 25.5. The first kappa shape index (κ1) is 10.3. The minimum absolute atomic E-state index is 0.645. The highest BCUT2D eigenvalue weighted by molar-refractivity contribution is 6.18. The van der Waals surface area contributed by atoms with E-state index in [-0.39, 0.29) is 0 Å². The molecular formula is C9H19ClN2. The zero-order valence-electron chi connectivity index (χ0n) is 8.09. The minimum atomic E-state index is 0.645. The molecule has 0 N–H and O–H groups in total. The van der Waals surface area contributed by atoms with E-state index in [0.29, 0.717) is 6.04 Å². The van der Waals surface area contributed by atoms with E-state index in [0.717, 1.165) is 12.4 Å². The Morgan fingerprint density at radius 3 is 2.83 bits per heavy atom. The topological polar surface area (TPSA) is 6.48 Å². The molecule has 1 saturated heterocycles. The van der Waals surface area contributed by atoms with Crippen molar-refractivity contribution in [1.82, 2.24) is 9.80 Å². The van der Waals surface area contributed by atoms with E-state index in [1.54, 1.807) is 0 Å². The molecule has 3 heteroatoms. The first-order chi connectivity index (χ1) is 5.74. The summed E-state index contributed by atoms with van der Waals surface area (Å²) in [4.78, 5) is 4.73. The second-order valence-electron chi connectivity index (χ2n) is 3.79. The highest BCUT2D eigenvalue weighted by atomic mass is 35.5. The number of likely N-dealkylation sites (N-methyl/N-ethyl adjacent to an activating group) is 1. The number of alkyl halides is 1. The predicted molar refractivity (Wildman–Crippen MR) is 53.9 cm³/mol. The summed E-state index contributed by atoms with van der Waals surface area (Å²) in [5.74, 6) is 0.799. The van der Waals surface area contributed by atoms with Crippen LogP contribution in [0.5, 0.6) is 0 Å². The Labute approximate surface area is 80.5 Å². The largest absolute Gasteiger partial charge is 0.308 e. The second-order valence-corrected chi connectivity index (χ2v) is 4.10. The molecule has 0 bridgehead atoms. The molecule has 12 heavy (non-hydrogen) atoms. The molecule has 1 fully saturated rings. The molecule has 1 unspecified atom stereocenters. The van der Waals surface area contributed by atoms with Crippen LogP contribution in [0.1, 0.15) is 12.8 Å². The number of hydrogen-bond acceptors (Lipinski definition) is 2. The van der Waals surface area contributed by atoms with Crippen molar-refractivity contribution in [1.29, 1.82) is 0 Å². The molecule has 0 aromatic rings. The van der Waals surface area contributed by atoms with Crippen LogP contribution in [0.4, 0.5) is 0 Å². The smallest absolute Gasteiger partial charge is 0.0379 e. The molecule has 0 aliphatic carbocycles. The molecule has 0 saturated carbocycles. The molecular weight excluding hydrogens is 172 g/mol. The molecule has 0 aromatic heterocycles. The third-order valence-electron chi connectivity index (χ3n) is 2.51. The summed E-state index contributed by atoms with van der Waals surface area (Å²) in [6.07, 6.45) is 2.61. The second kappa shape index (κ2) is 5.05. The van der Waals surface area contributed by atoms with Gasteiger partial charge in [-0.25, -0.2) is 0 Å². The Kier molecular flexibility index (Phi) is 4.33. The fraction of sp³-hybridized carbons (Fsp3) is 1.00. The lowest BCUT2D eigenvalue weighted by Gasteiger charge is -2.23. The number of rotatable bonds is 4. The van der Waals surface area contributed by atoms with Gasteiger partial charge in [-0.2, -0.15) is 0 Å². The van der Waals surface area contributed by atoms with Gasteiger partial charge in [-0.1, -0.05) is 0 Å². The average Bonchev–Trinajstić information content (AvgIpc) is 2.47. The predicted octanol–water partition coefficient (Wildman–Crippen LogP) is 1.25. The summed E-state index contributed by atoms with van der Waals surface area (Å²) >= 11 is 5.86. The highest BCUT2D eigenvalue weighted by Crippen LogP contribution is 2.17. The van der Waals surface area contributed by atoms with E-state index in [1.807, 2.05) is 0 Å². The molecule has 0 aromatic carbocycles. The van der Waals surface area contributed by atoms with Gasteiger partial charge in [-0.05, 0) is 33.5 Å². The van der Waals surface area contributed by atoms with Crippen molar-refractivity contribution >= 4 is 11.6 Å². The number of halogens is 1. The fourth-order valence-corrected chi connectivity index (χ4v) is 2.04. The summed E-state index contributed by atoms with van der Waals surface area (Å²) < 4.78 is 0. The van der Waals surface area contributed by atoms with Gasteiger partial charge in [-0.3, -0.25) is 4.90 Å². The van der Waals surface area contributed by atoms with E-state index in [4.69, 9.17) is 11.6 Å². The molecule has 2 nitrogen and oxygen atoms in total. The van der Waals surface area contributed by atoms with Crippen LogP contribution >= 0.6 is 11.6 Å². The van der Waals surface area contributed by atoms with E-state index in [2.05, 4.69) is 23.9 Å². The van der Waals surface area contributed by atoms with Crippen molar-refractivity contribution < 1.29 is 0 Å². The summed E-state index contributed by atoms with van der Waals surface area (Å²) in [7, 11) is 4.23. The lowest BCUT2D eigenvalue weighted by Crippen LogP contribution is -2.36. The SMILES string of the molecule is CN(C)CCN1CCCC1CCl. The van der Waals surface area contributed by atoms with Gasteiger partial charge in [0.2, 0.25) is 0 Å². The van der Waals surface area contributed by atoms with Gasteiger partial charge in [0.1, 0.15) is 0 Å². The molecule has 0 amide bonds. The highest BCUT2D eigenvalue weighted by Gasteiger charge is 2.22. The lowest BCUT2D eigenvalue weighted by molar-refractivity contribution is 0.238. The van der Waals surface area contributed by atoms with E-state index >= 15 is 0 Å². The summed E-state index contributed by atoms with van der Waals surface area (Å²) in [5, 5.41) is 0. The average molecular weight is 191 g/mol. The van der Waals surface area contributed by atoms with Gasteiger partial charge in [0.15, 0.2) is 0 Å². The Balaban J connectivity index is 2.21. The lowest BCUT2D eigenvalue weighted by atomic mass is 10.2. The number of nitrogens with zero attached hydrogens (tertiary/aromatic N) is 2. The number of hydrogen-bond donors (Lipinski definition) is 0.